The lowest BCUT2D eigenvalue weighted by atomic mass is 9.43. The van der Waals surface area contributed by atoms with Gasteiger partial charge in [-0.25, -0.2) is 0 Å². The minimum absolute atomic E-state index is 0.636. The highest BCUT2D eigenvalue weighted by atomic mass is 16.5. The summed E-state index contributed by atoms with van der Waals surface area (Å²) in [5.74, 6) is 1.68. The van der Waals surface area contributed by atoms with Crippen LogP contribution in [-0.4, -0.2) is 13.2 Å². The van der Waals surface area contributed by atoms with Crippen LogP contribution in [0.15, 0.2) is 0 Å². The molecule has 15 heavy (non-hydrogen) atoms. The van der Waals surface area contributed by atoms with Gasteiger partial charge in [-0.1, -0.05) is 27.7 Å². The maximum atomic E-state index is 5.49. The van der Waals surface area contributed by atoms with Gasteiger partial charge in [0.2, 0.25) is 0 Å². The van der Waals surface area contributed by atoms with E-state index in [1.807, 2.05) is 0 Å². The molecule has 88 valence electrons. The summed E-state index contributed by atoms with van der Waals surface area (Å²) in [5.41, 5.74) is 1.31. The Labute approximate surface area is 94.6 Å². The number of rotatable bonds is 2. The van der Waals surface area contributed by atoms with E-state index < -0.39 is 0 Å². The second-order valence-electron chi connectivity index (χ2n) is 6.51. The van der Waals surface area contributed by atoms with Crippen molar-refractivity contribution < 1.29 is 4.74 Å². The largest absolute Gasteiger partial charge is 0.381 e. The lowest BCUT2D eigenvalue weighted by Crippen LogP contribution is -2.54. The summed E-state index contributed by atoms with van der Waals surface area (Å²) in [6.45, 7) is 11.6. The van der Waals surface area contributed by atoms with Gasteiger partial charge in [-0.15, -0.1) is 0 Å². The fourth-order valence-electron chi connectivity index (χ4n) is 3.99. The van der Waals surface area contributed by atoms with E-state index in [-0.39, 0.29) is 0 Å². The Morgan fingerprint density at radius 3 is 1.73 bits per heavy atom. The Hall–Kier alpha value is -0.0400. The third-order valence-corrected chi connectivity index (χ3v) is 5.26. The van der Waals surface area contributed by atoms with Gasteiger partial charge >= 0.3 is 0 Å². The Balaban J connectivity index is 2.04. The number of ether oxygens (including phenoxy) is 1. The summed E-state index contributed by atoms with van der Waals surface area (Å²) < 4.78 is 5.49. The van der Waals surface area contributed by atoms with Crippen LogP contribution < -0.4 is 0 Å². The molecule has 1 saturated heterocycles. The van der Waals surface area contributed by atoms with Gasteiger partial charge < -0.3 is 4.74 Å². The maximum absolute atomic E-state index is 5.49. The molecule has 0 amide bonds. The normalized spacial score (nSPS) is 28.4. The van der Waals surface area contributed by atoms with Gasteiger partial charge in [0.1, 0.15) is 0 Å². The van der Waals surface area contributed by atoms with Crippen molar-refractivity contribution in [1.82, 2.24) is 0 Å². The Kier molecular flexibility index (Phi) is 2.87. The third-order valence-electron chi connectivity index (χ3n) is 5.26. The van der Waals surface area contributed by atoms with Crippen molar-refractivity contribution in [3.8, 4) is 0 Å². The van der Waals surface area contributed by atoms with Crippen molar-refractivity contribution >= 4 is 0 Å². The predicted molar refractivity (Wildman–Crippen MR) is 63.8 cm³/mol. The molecule has 0 radical (unpaired) electrons. The van der Waals surface area contributed by atoms with E-state index in [2.05, 4.69) is 27.7 Å². The Morgan fingerprint density at radius 1 is 0.867 bits per heavy atom. The van der Waals surface area contributed by atoms with E-state index in [4.69, 9.17) is 4.74 Å². The molecule has 0 aromatic rings. The van der Waals surface area contributed by atoms with Gasteiger partial charge in [0.25, 0.3) is 0 Å². The van der Waals surface area contributed by atoms with Gasteiger partial charge in [0.05, 0.1) is 0 Å². The topological polar surface area (TPSA) is 9.23 Å². The van der Waals surface area contributed by atoms with Crippen LogP contribution in [0.3, 0.4) is 0 Å². The average Bonchev–Trinajstić information content (AvgIpc) is 2.14. The number of hydrogen-bond donors (Lipinski definition) is 0. The van der Waals surface area contributed by atoms with E-state index in [0.29, 0.717) is 10.8 Å². The van der Waals surface area contributed by atoms with Crippen LogP contribution in [-0.2, 0) is 4.74 Å². The summed E-state index contributed by atoms with van der Waals surface area (Å²) in [5, 5.41) is 0. The van der Waals surface area contributed by atoms with Gasteiger partial charge in [0.15, 0.2) is 0 Å². The van der Waals surface area contributed by atoms with E-state index in [9.17, 15) is 0 Å². The summed E-state index contributed by atoms with van der Waals surface area (Å²) >= 11 is 0. The highest BCUT2D eigenvalue weighted by Crippen LogP contribution is 2.65. The fraction of sp³-hybridized carbons (Fsp3) is 1.00. The molecule has 0 atom stereocenters. The molecule has 0 N–H and O–H groups in total. The predicted octanol–water partition coefficient (Wildman–Crippen LogP) is 3.88. The van der Waals surface area contributed by atoms with Crippen molar-refractivity contribution in [2.45, 2.75) is 53.4 Å². The Bertz CT molecular complexity index is 205. The van der Waals surface area contributed by atoms with E-state index in [1.165, 1.54) is 25.7 Å². The van der Waals surface area contributed by atoms with Crippen molar-refractivity contribution in [2.24, 2.45) is 22.7 Å². The van der Waals surface area contributed by atoms with Crippen LogP contribution in [0.2, 0.25) is 0 Å². The molecular weight excluding hydrogens is 184 g/mol. The minimum Gasteiger partial charge on any atom is -0.381 e. The molecule has 0 unspecified atom stereocenters. The van der Waals surface area contributed by atoms with Crippen molar-refractivity contribution in [3.05, 3.63) is 0 Å². The zero-order valence-electron chi connectivity index (χ0n) is 10.8. The highest BCUT2D eigenvalue weighted by molar-refractivity contribution is 5.06. The van der Waals surface area contributed by atoms with Gasteiger partial charge in [-0.2, -0.15) is 0 Å². The van der Waals surface area contributed by atoms with Crippen LogP contribution in [0.25, 0.3) is 0 Å². The number of hydrogen-bond acceptors (Lipinski definition) is 1. The smallest absolute Gasteiger partial charge is 0.0471 e. The quantitative estimate of drug-likeness (QED) is 0.672. The molecule has 0 bridgehead atoms. The molecule has 1 heterocycles. The highest BCUT2D eigenvalue weighted by Gasteiger charge is 2.56. The van der Waals surface area contributed by atoms with Crippen LogP contribution in [0, 0.1) is 22.7 Å². The lowest BCUT2D eigenvalue weighted by Gasteiger charge is -2.62. The maximum Gasteiger partial charge on any atom is 0.0471 e. The molecule has 1 nitrogen and oxygen atoms in total. The first-order valence-corrected chi connectivity index (χ1v) is 6.59. The molecule has 1 spiro atoms. The van der Waals surface area contributed by atoms with Crippen molar-refractivity contribution in [3.63, 3.8) is 0 Å². The van der Waals surface area contributed by atoms with Crippen LogP contribution in [0.4, 0.5) is 0 Å². The summed E-state index contributed by atoms with van der Waals surface area (Å²) in [7, 11) is 0. The standard InChI is InChI=1S/C14H26O/c1-11(2)14(12(3)4)9-13(10-14)5-7-15-8-6-13/h11-12H,5-10H2,1-4H3. The van der Waals surface area contributed by atoms with Crippen LogP contribution in [0.1, 0.15) is 53.4 Å². The van der Waals surface area contributed by atoms with Gasteiger partial charge in [-0.3, -0.25) is 0 Å². The zero-order valence-corrected chi connectivity index (χ0v) is 10.8. The van der Waals surface area contributed by atoms with E-state index in [0.717, 1.165) is 25.0 Å². The monoisotopic (exact) mass is 210 g/mol. The molecule has 2 fully saturated rings. The molecular formula is C14H26O. The van der Waals surface area contributed by atoms with Crippen molar-refractivity contribution in [2.75, 3.05) is 13.2 Å². The summed E-state index contributed by atoms with van der Waals surface area (Å²) in [6, 6.07) is 0. The lowest BCUT2D eigenvalue weighted by molar-refractivity contribution is -0.150. The van der Waals surface area contributed by atoms with E-state index in [1.54, 1.807) is 0 Å². The average molecular weight is 210 g/mol. The van der Waals surface area contributed by atoms with Crippen LogP contribution in [0.5, 0.6) is 0 Å². The zero-order chi connectivity index (χ0) is 11.1. The summed E-state index contributed by atoms with van der Waals surface area (Å²) in [4.78, 5) is 0. The second-order valence-corrected chi connectivity index (χ2v) is 6.51. The molecule has 2 rings (SSSR count). The molecule has 1 saturated carbocycles. The first kappa shape index (κ1) is 11.4. The van der Waals surface area contributed by atoms with Crippen molar-refractivity contribution in [1.29, 1.82) is 0 Å². The van der Waals surface area contributed by atoms with E-state index >= 15 is 0 Å². The molecule has 2 aliphatic rings. The van der Waals surface area contributed by atoms with Gasteiger partial charge in [-0.05, 0) is 48.3 Å². The van der Waals surface area contributed by atoms with Crippen LogP contribution >= 0.6 is 0 Å². The second kappa shape index (κ2) is 3.76. The first-order valence-electron chi connectivity index (χ1n) is 6.59. The fourth-order valence-corrected chi connectivity index (χ4v) is 3.99. The molecule has 1 aliphatic heterocycles. The minimum atomic E-state index is 0.636. The Morgan fingerprint density at radius 2 is 1.33 bits per heavy atom. The first-order chi connectivity index (χ1) is 7.01. The molecule has 1 heteroatoms. The summed E-state index contributed by atoms with van der Waals surface area (Å²) in [6.07, 6.45) is 5.54. The molecule has 0 aromatic heterocycles. The molecule has 1 aliphatic carbocycles. The SMILES string of the molecule is CC(C)C1(C(C)C)CC2(CCOCC2)C1. The third kappa shape index (κ3) is 1.73. The molecule has 0 aromatic carbocycles. The van der Waals surface area contributed by atoms with Gasteiger partial charge in [0, 0.05) is 13.2 Å².